The summed E-state index contributed by atoms with van der Waals surface area (Å²) in [7, 11) is 0. The lowest BCUT2D eigenvalue weighted by Gasteiger charge is -2.10. The van der Waals surface area contributed by atoms with Crippen LogP contribution in [-0.2, 0) is 14.4 Å². The monoisotopic (exact) mass is 450 g/mol. The van der Waals surface area contributed by atoms with E-state index in [0.29, 0.717) is 40.0 Å². The summed E-state index contributed by atoms with van der Waals surface area (Å²) in [5.74, 6) is -1.67. The molecule has 158 valence electrons. The topological polar surface area (TPSA) is 109 Å². The number of halogens is 2. The van der Waals surface area contributed by atoms with Gasteiger partial charge in [0.25, 0.3) is 5.91 Å². The van der Waals surface area contributed by atoms with Crippen molar-refractivity contribution in [1.29, 1.82) is 0 Å². The number of nitrogens with one attached hydrogen (secondary N) is 3. The second kappa shape index (κ2) is 11.8. The van der Waals surface area contributed by atoms with Crippen LogP contribution in [0.4, 0.5) is 5.69 Å². The van der Waals surface area contributed by atoms with Crippen molar-refractivity contribution in [2.45, 2.75) is 13.3 Å². The van der Waals surface area contributed by atoms with Crippen LogP contribution in [0.15, 0.2) is 47.6 Å². The zero-order valence-corrected chi connectivity index (χ0v) is 17.6. The number of carbonyl (C=O) groups excluding carboxylic acids is 3. The lowest BCUT2D eigenvalue weighted by atomic mass is 10.2. The Bertz CT molecular complexity index is 950. The predicted molar refractivity (Wildman–Crippen MR) is 116 cm³/mol. The van der Waals surface area contributed by atoms with Gasteiger partial charge in [-0.3, -0.25) is 14.4 Å². The summed E-state index contributed by atoms with van der Waals surface area (Å²) in [6.45, 7) is 2.01. The fraction of sp³-hybridized carbons (Fsp3) is 0.200. The van der Waals surface area contributed by atoms with E-state index in [1.807, 2.05) is 6.92 Å². The van der Waals surface area contributed by atoms with Crippen LogP contribution in [0.5, 0.6) is 5.75 Å². The molecule has 0 aliphatic carbocycles. The zero-order chi connectivity index (χ0) is 21.9. The van der Waals surface area contributed by atoms with Gasteiger partial charge in [0.1, 0.15) is 5.75 Å². The van der Waals surface area contributed by atoms with Gasteiger partial charge in [-0.15, -0.1) is 0 Å². The molecule has 0 saturated heterocycles. The van der Waals surface area contributed by atoms with Crippen LogP contribution in [0.2, 0.25) is 10.0 Å². The van der Waals surface area contributed by atoms with Crippen molar-refractivity contribution in [2.24, 2.45) is 5.10 Å². The molecule has 2 aromatic rings. The molecule has 3 amide bonds. The summed E-state index contributed by atoms with van der Waals surface area (Å²) in [6, 6.07) is 11.5. The lowest BCUT2D eigenvalue weighted by Crippen LogP contribution is -2.38. The second-order valence-corrected chi connectivity index (χ2v) is 6.77. The minimum absolute atomic E-state index is 0.267. The third kappa shape index (κ3) is 7.38. The number of carbonyl (C=O) groups is 3. The number of amides is 3. The Labute approximate surface area is 183 Å². The number of para-hydroxylation sites is 1. The van der Waals surface area contributed by atoms with Crippen molar-refractivity contribution >= 4 is 52.8 Å². The largest absolute Gasteiger partial charge is 0.483 e. The Morgan fingerprint density at radius 1 is 1.07 bits per heavy atom. The first kappa shape index (κ1) is 23.2. The van der Waals surface area contributed by atoms with E-state index in [2.05, 4.69) is 21.2 Å². The molecule has 0 aliphatic heterocycles. The third-order valence-electron chi connectivity index (χ3n) is 3.59. The van der Waals surface area contributed by atoms with Crippen molar-refractivity contribution < 1.29 is 19.1 Å². The summed E-state index contributed by atoms with van der Waals surface area (Å²) in [4.78, 5) is 35.2. The fourth-order valence-corrected chi connectivity index (χ4v) is 2.46. The Balaban J connectivity index is 1.91. The maximum Gasteiger partial charge on any atom is 0.329 e. The highest BCUT2D eigenvalue weighted by Gasteiger charge is 2.11. The van der Waals surface area contributed by atoms with Gasteiger partial charge in [0.05, 0.1) is 16.3 Å². The van der Waals surface area contributed by atoms with E-state index in [4.69, 9.17) is 27.9 Å². The minimum atomic E-state index is -0.876. The van der Waals surface area contributed by atoms with Gasteiger partial charge >= 0.3 is 11.8 Å². The van der Waals surface area contributed by atoms with E-state index in [1.54, 1.807) is 36.4 Å². The number of hydrazone groups is 1. The first-order valence-electron chi connectivity index (χ1n) is 8.98. The molecule has 0 aromatic heterocycles. The Kier molecular flexibility index (Phi) is 9.11. The molecule has 0 aliphatic rings. The molecule has 0 saturated carbocycles. The molecule has 0 bridgehead atoms. The molecule has 0 atom stereocenters. The number of nitrogens with zero attached hydrogens (tertiary/aromatic N) is 1. The molecule has 0 fully saturated rings. The average molecular weight is 451 g/mol. The second-order valence-electron chi connectivity index (χ2n) is 5.96. The Hall–Kier alpha value is -3.10. The first-order chi connectivity index (χ1) is 14.4. The average Bonchev–Trinajstić information content (AvgIpc) is 2.73. The van der Waals surface area contributed by atoms with Crippen molar-refractivity contribution in [3.05, 3.63) is 58.1 Å². The lowest BCUT2D eigenvalue weighted by molar-refractivity contribution is -0.139. The molecule has 30 heavy (non-hydrogen) atoms. The molecule has 3 N–H and O–H groups in total. The fourth-order valence-electron chi connectivity index (χ4n) is 2.16. The van der Waals surface area contributed by atoms with Gasteiger partial charge < -0.3 is 15.4 Å². The van der Waals surface area contributed by atoms with Gasteiger partial charge in [-0.1, -0.05) is 42.3 Å². The summed E-state index contributed by atoms with van der Waals surface area (Å²) >= 11 is 11.8. The van der Waals surface area contributed by atoms with Crippen molar-refractivity contribution in [1.82, 2.24) is 10.7 Å². The number of benzene rings is 2. The highest BCUT2D eigenvalue weighted by atomic mass is 35.5. The predicted octanol–water partition coefficient (Wildman–Crippen LogP) is 2.99. The van der Waals surface area contributed by atoms with Crippen LogP contribution in [0.1, 0.15) is 18.9 Å². The SMILES string of the molecule is CCCNC(=O)C(=O)N/N=C\c1ccccc1OCC(=O)Nc1ccc(Cl)c(Cl)c1. The molecule has 10 heteroatoms. The van der Waals surface area contributed by atoms with E-state index < -0.39 is 17.7 Å². The molecule has 0 spiro atoms. The van der Waals surface area contributed by atoms with E-state index in [9.17, 15) is 14.4 Å². The highest BCUT2D eigenvalue weighted by molar-refractivity contribution is 6.42. The molecule has 2 rings (SSSR count). The molecular weight excluding hydrogens is 431 g/mol. The van der Waals surface area contributed by atoms with Gasteiger partial charge in [0, 0.05) is 17.8 Å². The molecule has 0 heterocycles. The van der Waals surface area contributed by atoms with Crippen LogP contribution < -0.4 is 20.8 Å². The third-order valence-corrected chi connectivity index (χ3v) is 4.33. The normalized spacial score (nSPS) is 10.5. The minimum Gasteiger partial charge on any atom is -0.483 e. The van der Waals surface area contributed by atoms with Crippen LogP contribution in [-0.4, -0.2) is 37.1 Å². The van der Waals surface area contributed by atoms with E-state index in [0.717, 1.165) is 0 Å². The van der Waals surface area contributed by atoms with Gasteiger partial charge in [0.15, 0.2) is 6.61 Å². The highest BCUT2D eigenvalue weighted by Crippen LogP contribution is 2.25. The standard InChI is InChI=1S/C20H20Cl2N4O4/c1-2-9-23-19(28)20(29)26-24-11-13-5-3-4-6-17(13)30-12-18(27)25-14-7-8-15(21)16(22)10-14/h3-8,10-11H,2,9,12H2,1H3,(H,23,28)(H,25,27)(H,26,29)/b24-11-. The van der Waals surface area contributed by atoms with Crippen molar-refractivity contribution in [3.63, 3.8) is 0 Å². The van der Waals surface area contributed by atoms with E-state index in [-0.39, 0.29) is 6.61 Å². The number of ether oxygens (including phenoxy) is 1. The Morgan fingerprint density at radius 3 is 2.57 bits per heavy atom. The van der Waals surface area contributed by atoms with E-state index in [1.165, 1.54) is 12.3 Å². The molecule has 0 radical (unpaired) electrons. The molecule has 8 nitrogen and oxygen atoms in total. The maximum absolute atomic E-state index is 12.1. The van der Waals surface area contributed by atoms with Gasteiger partial charge in [-0.05, 0) is 36.8 Å². The van der Waals surface area contributed by atoms with Crippen LogP contribution in [0.25, 0.3) is 0 Å². The summed E-state index contributed by atoms with van der Waals surface area (Å²) in [6.07, 6.45) is 2.03. The maximum atomic E-state index is 12.1. The first-order valence-corrected chi connectivity index (χ1v) is 9.74. The summed E-state index contributed by atoms with van der Waals surface area (Å²) in [5, 5.41) is 9.54. The zero-order valence-electron chi connectivity index (χ0n) is 16.1. The van der Waals surface area contributed by atoms with Gasteiger partial charge in [0.2, 0.25) is 0 Å². The molecule has 0 unspecified atom stereocenters. The van der Waals surface area contributed by atoms with Gasteiger partial charge in [-0.25, -0.2) is 5.43 Å². The number of anilines is 1. The molecule has 2 aromatic carbocycles. The van der Waals surface area contributed by atoms with Crippen molar-refractivity contribution in [2.75, 3.05) is 18.5 Å². The van der Waals surface area contributed by atoms with Gasteiger partial charge in [-0.2, -0.15) is 5.10 Å². The Morgan fingerprint density at radius 2 is 1.83 bits per heavy atom. The summed E-state index contributed by atoms with van der Waals surface area (Å²) < 4.78 is 5.53. The quantitative estimate of drug-likeness (QED) is 0.326. The van der Waals surface area contributed by atoms with Crippen molar-refractivity contribution in [3.8, 4) is 5.75 Å². The molecular formula is C20H20Cl2N4O4. The number of hydrogen-bond donors (Lipinski definition) is 3. The number of hydrogen-bond acceptors (Lipinski definition) is 5. The smallest absolute Gasteiger partial charge is 0.329 e. The van der Waals surface area contributed by atoms with Crippen LogP contribution in [0.3, 0.4) is 0 Å². The van der Waals surface area contributed by atoms with Crippen LogP contribution >= 0.6 is 23.2 Å². The van der Waals surface area contributed by atoms with E-state index >= 15 is 0 Å². The summed E-state index contributed by atoms with van der Waals surface area (Å²) in [5.41, 5.74) is 3.13. The number of rotatable bonds is 8. The van der Waals surface area contributed by atoms with Crippen LogP contribution in [0, 0.1) is 0 Å².